The van der Waals surface area contributed by atoms with Gasteiger partial charge in [-0.25, -0.2) is 0 Å². The van der Waals surface area contributed by atoms with Gasteiger partial charge in [0.15, 0.2) is 0 Å². The fourth-order valence-corrected chi connectivity index (χ4v) is 2.40. The number of alkyl halides is 1. The molecule has 1 unspecified atom stereocenters. The van der Waals surface area contributed by atoms with Crippen LogP contribution in [-0.4, -0.2) is 25.2 Å². The Morgan fingerprint density at radius 2 is 1.64 bits per heavy atom. The molecule has 1 atom stereocenters. The van der Waals surface area contributed by atoms with Crippen molar-refractivity contribution in [1.29, 1.82) is 0 Å². The second kappa shape index (κ2) is 16.7. The Morgan fingerprint density at radius 3 is 2.18 bits per heavy atom. The van der Waals surface area contributed by atoms with Gasteiger partial charge >= 0.3 is 0 Å². The van der Waals surface area contributed by atoms with Gasteiger partial charge in [0.05, 0.1) is 12.8 Å². The first kappa shape index (κ1) is 21.3. The average molecular weight is 314 g/mol. The first-order valence-electron chi connectivity index (χ1n) is 9.04. The lowest BCUT2D eigenvalue weighted by Gasteiger charge is -2.12. The number of ether oxygens (including phenoxy) is 1. The fourth-order valence-electron chi connectivity index (χ4n) is 2.40. The Labute approximate surface area is 136 Å². The van der Waals surface area contributed by atoms with Crippen molar-refractivity contribution in [3.8, 4) is 0 Å². The van der Waals surface area contributed by atoms with Crippen molar-refractivity contribution in [3.63, 3.8) is 0 Å². The highest BCUT2D eigenvalue weighted by molar-refractivity contribution is 5.75. The molecule has 0 bridgehead atoms. The van der Waals surface area contributed by atoms with Crippen molar-refractivity contribution in [2.45, 2.75) is 90.6 Å². The molecular weight excluding hydrogens is 279 g/mol. The van der Waals surface area contributed by atoms with Gasteiger partial charge in [-0.15, -0.1) is 0 Å². The molecule has 0 spiro atoms. The molecule has 0 aromatic heterocycles. The molecule has 0 aliphatic carbocycles. The van der Waals surface area contributed by atoms with Gasteiger partial charge in [0.1, 0.15) is 5.78 Å². The summed E-state index contributed by atoms with van der Waals surface area (Å²) < 4.78 is 18.1. The molecule has 0 amide bonds. The van der Waals surface area contributed by atoms with Crippen molar-refractivity contribution < 1.29 is 13.9 Å². The predicted molar refractivity (Wildman–Crippen MR) is 92.0 cm³/mol. The Balaban J connectivity index is 3.34. The number of carbonyl (C=O) groups excluding carboxylic acids is 1. The molecule has 0 aliphatic heterocycles. The van der Waals surface area contributed by atoms with E-state index >= 15 is 0 Å². The number of allylic oxidation sites excluding steroid dienone is 1. The number of hydrogen-bond acceptors (Lipinski definition) is 2. The summed E-state index contributed by atoms with van der Waals surface area (Å²) in [5, 5.41) is 0. The predicted octanol–water partition coefficient (Wildman–Crippen LogP) is 5.80. The molecule has 0 saturated carbocycles. The Hall–Kier alpha value is -0.700. The zero-order chi connectivity index (χ0) is 16.5. The lowest BCUT2D eigenvalue weighted by molar-refractivity contribution is -0.117. The highest BCUT2D eigenvalue weighted by Crippen LogP contribution is 2.11. The summed E-state index contributed by atoms with van der Waals surface area (Å²) in [5.74, 6) is 0.305. The Bertz CT molecular complexity index is 277. The number of Topliss-reactive ketones (excluding diaryl/α,β-unsaturated/α-hetero) is 1. The molecule has 3 heteroatoms. The van der Waals surface area contributed by atoms with Crippen LogP contribution in [0.2, 0.25) is 0 Å². The topological polar surface area (TPSA) is 26.3 Å². The lowest BCUT2D eigenvalue weighted by atomic mass is 10.1. The van der Waals surface area contributed by atoms with Crippen molar-refractivity contribution in [2.24, 2.45) is 0 Å². The van der Waals surface area contributed by atoms with Gasteiger partial charge in [-0.05, 0) is 26.2 Å². The van der Waals surface area contributed by atoms with Gasteiger partial charge in [-0.3, -0.25) is 4.39 Å². The lowest BCUT2D eigenvalue weighted by Crippen LogP contribution is -2.11. The summed E-state index contributed by atoms with van der Waals surface area (Å²) in [6.07, 6.45) is 15.7. The van der Waals surface area contributed by atoms with Gasteiger partial charge in [0, 0.05) is 19.4 Å². The summed E-state index contributed by atoms with van der Waals surface area (Å²) in [6.45, 7) is 4.15. The standard InChI is InChI=1S/C19H35FO2/c1-3-4-14-19(15-16-20)22-17-12-10-8-6-5-7-9-11-13-18(2)21/h4,14,19H,3,5-13,15-17H2,1-2H3/b14-4-. The maximum Gasteiger partial charge on any atom is 0.129 e. The van der Waals surface area contributed by atoms with E-state index in [2.05, 4.69) is 6.92 Å². The smallest absolute Gasteiger partial charge is 0.129 e. The zero-order valence-electron chi connectivity index (χ0n) is 14.6. The van der Waals surface area contributed by atoms with E-state index in [4.69, 9.17) is 4.74 Å². The minimum absolute atomic E-state index is 0.0498. The van der Waals surface area contributed by atoms with Crippen LogP contribution in [0.25, 0.3) is 0 Å². The third-order valence-corrected chi connectivity index (χ3v) is 3.74. The van der Waals surface area contributed by atoms with Crippen molar-refractivity contribution >= 4 is 5.78 Å². The molecule has 0 saturated heterocycles. The van der Waals surface area contributed by atoms with Crippen molar-refractivity contribution in [1.82, 2.24) is 0 Å². The first-order chi connectivity index (χ1) is 10.7. The molecule has 22 heavy (non-hydrogen) atoms. The second-order valence-corrected chi connectivity index (χ2v) is 6.00. The highest BCUT2D eigenvalue weighted by Gasteiger charge is 2.04. The highest BCUT2D eigenvalue weighted by atomic mass is 19.1. The summed E-state index contributed by atoms with van der Waals surface area (Å²) in [4.78, 5) is 10.8. The first-order valence-corrected chi connectivity index (χ1v) is 9.04. The number of unbranched alkanes of at least 4 members (excludes halogenated alkanes) is 7. The molecular formula is C19H35FO2. The van der Waals surface area contributed by atoms with Gasteiger partial charge in [-0.2, -0.15) is 0 Å². The molecule has 2 nitrogen and oxygen atoms in total. The van der Waals surface area contributed by atoms with Crippen LogP contribution in [0.5, 0.6) is 0 Å². The summed E-state index contributed by atoms with van der Waals surface area (Å²) in [5.41, 5.74) is 0. The summed E-state index contributed by atoms with van der Waals surface area (Å²) >= 11 is 0. The second-order valence-electron chi connectivity index (χ2n) is 6.00. The summed E-state index contributed by atoms with van der Waals surface area (Å²) in [7, 11) is 0. The molecule has 0 N–H and O–H groups in total. The number of halogens is 1. The maximum atomic E-state index is 12.4. The Kier molecular flexibility index (Phi) is 16.1. The van der Waals surface area contributed by atoms with E-state index in [0.29, 0.717) is 12.2 Å². The molecule has 0 aliphatic rings. The molecule has 0 radical (unpaired) electrons. The quantitative estimate of drug-likeness (QED) is 0.266. The van der Waals surface area contributed by atoms with Gasteiger partial charge < -0.3 is 9.53 Å². The van der Waals surface area contributed by atoms with Crippen molar-refractivity contribution in [2.75, 3.05) is 13.3 Å². The van der Waals surface area contributed by atoms with Crippen LogP contribution in [0.1, 0.15) is 84.5 Å². The van der Waals surface area contributed by atoms with Gasteiger partial charge in [0.2, 0.25) is 0 Å². The third kappa shape index (κ3) is 15.7. The van der Waals surface area contributed by atoms with Crippen LogP contribution >= 0.6 is 0 Å². The van der Waals surface area contributed by atoms with E-state index in [1.54, 1.807) is 6.92 Å². The van der Waals surface area contributed by atoms with Crippen molar-refractivity contribution in [3.05, 3.63) is 12.2 Å². The molecule has 0 aromatic carbocycles. The fraction of sp³-hybridized carbons (Fsp3) is 0.842. The van der Waals surface area contributed by atoms with E-state index in [0.717, 1.165) is 32.3 Å². The van der Waals surface area contributed by atoms with E-state index in [-0.39, 0.29) is 12.8 Å². The average Bonchev–Trinajstić information content (AvgIpc) is 2.49. The van der Waals surface area contributed by atoms with Crippen LogP contribution in [-0.2, 0) is 9.53 Å². The third-order valence-electron chi connectivity index (χ3n) is 3.74. The zero-order valence-corrected chi connectivity index (χ0v) is 14.6. The van der Waals surface area contributed by atoms with Gasteiger partial charge in [-0.1, -0.05) is 57.6 Å². The van der Waals surface area contributed by atoms with Crippen LogP contribution < -0.4 is 0 Å². The molecule has 0 rings (SSSR count). The molecule has 0 fully saturated rings. The van der Waals surface area contributed by atoms with Crippen LogP contribution in [0.4, 0.5) is 4.39 Å². The monoisotopic (exact) mass is 314 g/mol. The minimum atomic E-state index is -0.317. The largest absolute Gasteiger partial charge is 0.374 e. The van der Waals surface area contributed by atoms with E-state index < -0.39 is 0 Å². The number of ketones is 1. The number of rotatable bonds is 16. The van der Waals surface area contributed by atoms with Crippen LogP contribution in [0, 0.1) is 0 Å². The normalized spacial score (nSPS) is 12.9. The molecule has 130 valence electrons. The molecule has 0 aromatic rings. The maximum absolute atomic E-state index is 12.4. The van der Waals surface area contributed by atoms with E-state index in [1.165, 1.54) is 38.5 Å². The number of carbonyl (C=O) groups is 1. The van der Waals surface area contributed by atoms with Crippen LogP contribution in [0.15, 0.2) is 12.2 Å². The van der Waals surface area contributed by atoms with Crippen LogP contribution in [0.3, 0.4) is 0 Å². The Morgan fingerprint density at radius 1 is 1.05 bits per heavy atom. The van der Waals surface area contributed by atoms with Gasteiger partial charge in [0.25, 0.3) is 0 Å². The van der Waals surface area contributed by atoms with E-state index in [1.807, 2.05) is 12.2 Å². The summed E-state index contributed by atoms with van der Waals surface area (Å²) in [6, 6.07) is 0. The molecule has 0 heterocycles. The SMILES string of the molecule is CC/C=C\C(CCF)OCCCCCCCCCCC(C)=O. The number of hydrogen-bond donors (Lipinski definition) is 0. The van der Waals surface area contributed by atoms with E-state index in [9.17, 15) is 9.18 Å². The minimum Gasteiger partial charge on any atom is -0.374 e.